The average Bonchev–Trinajstić information content (AvgIpc) is 2.77. The first-order valence-corrected chi connectivity index (χ1v) is 5.96. The molecule has 0 bridgehead atoms. The summed E-state index contributed by atoms with van der Waals surface area (Å²) >= 11 is 0. The van der Waals surface area contributed by atoms with Gasteiger partial charge in [-0.15, -0.1) is 0 Å². The van der Waals surface area contributed by atoms with Crippen LogP contribution in [0.2, 0.25) is 0 Å². The van der Waals surface area contributed by atoms with Crippen LogP contribution >= 0.6 is 0 Å². The van der Waals surface area contributed by atoms with Crippen molar-refractivity contribution in [2.45, 2.75) is 31.7 Å². The molecule has 1 aliphatic rings. The second-order valence-corrected chi connectivity index (χ2v) is 4.24. The van der Waals surface area contributed by atoms with Gasteiger partial charge < -0.3 is 10.1 Å². The molecule has 0 aromatic heterocycles. The Kier molecular flexibility index (Phi) is 4.17. The van der Waals surface area contributed by atoms with Crippen LogP contribution in [0.3, 0.4) is 0 Å². The van der Waals surface area contributed by atoms with Gasteiger partial charge in [-0.05, 0) is 44.4 Å². The summed E-state index contributed by atoms with van der Waals surface area (Å²) in [5, 5.41) is 3.45. The van der Waals surface area contributed by atoms with Crippen molar-refractivity contribution >= 4 is 0 Å². The van der Waals surface area contributed by atoms with E-state index in [2.05, 4.69) is 5.32 Å². The lowest BCUT2D eigenvalue weighted by Crippen LogP contribution is -2.21. The fourth-order valence-corrected chi connectivity index (χ4v) is 2.08. The van der Waals surface area contributed by atoms with E-state index < -0.39 is 0 Å². The summed E-state index contributed by atoms with van der Waals surface area (Å²) < 4.78 is 18.3. The maximum atomic E-state index is 12.8. The van der Waals surface area contributed by atoms with Crippen molar-refractivity contribution in [3.8, 4) is 5.75 Å². The topological polar surface area (TPSA) is 21.3 Å². The lowest BCUT2D eigenvalue weighted by molar-refractivity contribution is 0.297. The van der Waals surface area contributed by atoms with Gasteiger partial charge >= 0.3 is 0 Å². The molecule has 16 heavy (non-hydrogen) atoms. The van der Waals surface area contributed by atoms with Crippen LogP contribution in [0.15, 0.2) is 24.3 Å². The number of benzene rings is 1. The summed E-state index contributed by atoms with van der Waals surface area (Å²) in [4.78, 5) is 0. The predicted octanol–water partition coefficient (Wildman–Crippen LogP) is 2.74. The Balaban J connectivity index is 1.64. The van der Waals surface area contributed by atoms with E-state index in [1.807, 2.05) is 0 Å². The number of rotatable bonds is 5. The average molecular weight is 223 g/mol. The van der Waals surface area contributed by atoms with Crippen molar-refractivity contribution in [1.82, 2.24) is 5.32 Å². The largest absolute Gasteiger partial charge is 0.493 e. The Hall–Kier alpha value is -1.09. The first kappa shape index (κ1) is 11.4. The standard InChI is InChI=1S/C13H18FNO/c14-11-4-1-7-13(10-11)16-9-3-6-12-5-2-8-15-12/h1,4,7,10,12,15H,2-3,5-6,8-9H2. The van der Waals surface area contributed by atoms with Gasteiger partial charge in [-0.1, -0.05) is 6.07 Å². The van der Waals surface area contributed by atoms with E-state index in [1.165, 1.54) is 25.0 Å². The molecule has 0 saturated carbocycles. The zero-order chi connectivity index (χ0) is 11.2. The number of nitrogens with one attached hydrogen (secondary N) is 1. The van der Waals surface area contributed by atoms with Gasteiger partial charge in [-0.2, -0.15) is 0 Å². The fraction of sp³-hybridized carbons (Fsp3) is 0.538. The van der Waals surface area contributed by atoms with Gasteiger partial charge in [0.1, 0.15) is 11.6 Å². The van der Waals surface area contributed by atoms with E-state index in [-0.39, 0.29) is 5.82 Å². The van der Waals surface area contributed by atoms with E-state index in [1.54, 1.807) is 12.1 Å². The van der Waals surface area contributed by atoms with Crippen molar-refractivity contribution < 1.29 is 9.13 Å². The summed E-state index contributed by atoms with van der Waals surface area (Å²) in [6.45, 7) is 1.82. The monoisotopic (exact) mass is 223 g/mol. The number of ether oxygens (including phenoxy) is 1. The molecule has 1 heterocycles. The molecule has 0 spiro atoms. The number of hydrogen-bond acceptors (Lipinski definition) is 2. The van der Waals surface area contributed by atoms with Gasteiger partial charge in [0.05, 0.1) is 6.61 Å². The highest BCUT2D eigenvalue weighted by Gasteiger charge is 2.12. The maximum absolute atomic E-state index is 12.8. The van der Waals surface area contributed by atoms with E-state index in [9.17, 15) is 4.39 Å². The molecule has 0 aliphatic carbocycles. The van der Waals surface area contributed by atoms with Crippen molar-refractivity contribution in [2.24, 2.45) is 0 Å². The summed E-state index contributed by atoms with van der Waals surface area (Å²) in [5.74, 6) is 0.384. The third kappa shape index (κ3) is 3.49. The van der Waals surface area contributed by atoms with Gasteiger partial charge in [0.2, 0.25) is 0 Å². The van der Waals surface area contributed by atoms with Crippen molar-refractivity contribution in [3.63, 3.8) is 0 Å². The fourth-order valence-electron chi connectivity index (χ4n) is 2.08. The van der Waals surface area contributed by atoms with Crippen molar-refractivity contribution in [1.29, 1.82) is 0 Å². The van der Waals surface area contributed by atoms with Crippen LogP contribution in [0, 0.1) is 5.82 Å². The first-order chi connectivity index (χ1) is 7.84. The van der Waals surface area contributed by atoms with Crippen LogP contribution in [-0.2, 0) is 0 Å². The van der Waals surface area contributed by atoms with Crippen molar-refractivity contribution in [3.05, 3.63) is 30.1 Å². The molecule has 1 unspecified atom stereocenters. The molecule has 1 fully saturated rings. The van der Waals surface area contributed by atoms with Gasteiger partial charge in [-0.25, -0.2) is 4.39 Å². The smallest absolute Gasteiger partial charge is 0.126 e. The van der Waals surface area contributed by atoms with Crippen molar-refractivity contribution in [2.75, 3.05) is 13.2 Å². The summed E-state index contributed by atoms with van der Waals surface area (Å²) in [5.41, 5.74) is 0. The normalized spacial score (nSPS) is 19.9. The summed E-state index contributed by atoms with van der Waals surface area (Å²) in [7, 11) is 0. The van der Waals surface area contributed by atoms with E-state index >= 15 is 0 Å². The van der Waals surface area contributed by atoms with Crippen LogP contribution < -0.4 is 10.1 Å². The minimum Gasteiger partial charge on any atom is -0.493 e. The second-order valence-electron chi connectivity index (χ2n) is 4.24. The Labute approximate surface area is 95.8 Å². The van der Waals surface area contributed by atoms with Gasteiger partial charge in [0, 0.05) is 12.1 Å². The Morgan fingerprint density at radius 3 is 3.12 bits per heavy atom. The highest BCUT2D eigenvalue weighted by Crippen LogP contribution is 2.14. The molecule has 2 rings (SSSR count). The maximum Gasteiger partial charge on any atom is 0.126 e. The van der Waals surface area contributed by atoms with Crippen LogP contribution in [0.5, 0.6) is 5.75 Å². The van der Waals surface area contributed by atoms with Crippen LogP contribution in [0.25, 0.3) is 0 Å². The van der Waals surface area contributed by atoms with E-state index in [0.717, 1.165) is 19.4 Å². The molecule has 0 amide bonds. The molecule has 1 saturated heterocycles. The molecule has 1 atom stereocenters. The molecule has 1 aliphatic heterocycles. The summed E-state index contributed by atoms with van der Waals surface area (Å²) in [6, 6.07) is 6.97. The van der Waals surface area contributed by atoms with Gasteiger partial charge in [0.15, 0.2) is 0 Å². The van der Waals surface area contributed by atoms with E-state index in [0.29, 0.717) is 18.4 Å². The summed E-state index contributed by atoms with van der Waals surface area (Å²) in [6.07, 6.45) is 4.74. The van der Waals surface area contributed by atoms with Crippen LogP contribution in [0.4, 0.5) is 4.39 Å². The minimum absolute atomic E-state index is 0.241. The van der Waals surface area contributed by atoms with Crippen LogP contribution in [-0.4, -0.2) is 19.2 Å². The molecular formula is C13H18FNO. The zero-order valence-electron chi connectivity index (χ0n) is 9.42. The lowest BCUT2D eigenvalue weighted by atomic mass is 10.1. The molecular weight excluding hydrogens is 205 g/mol. The quantitative estimate of drug-likeness (QED) is 0.775. The Morgan fingerprint density at radius 1 is 1.44 bits per heavy atom. The molecule has 0 radical (unpaired) electrons. The highest BCUT2D eigenvalue weighted by atomic mass is 19.1. The lowest BCUT2D eigenvalue weighted by Gasteiger charge is -2.10. The van der Waals surface area contributed by atoms with E-state index in [4.69, 9.17) is 4.74 Å². The zero-order valence-corrected chi connectivity index (χ0v) is 9.42. The van der Waals surface area contributed by atoms with Crippen LogP contribution in [0.1, 0.15) is 25.7 Å². The first-order valence-electron chi connectivity index (χ1n) is 5.96. The third-order valence-electron chi connectivity index (χ3n) is 2.92. The SMILES string of the molecule is Fc1cccc(OCCCC2CCCN2)c1. The molecule has 88 valence electrons. The minimum atomic E-state index is -0.241. The highest BCUT2D eigenvalue weighted by molar-refractivity contribution is 5.22. The third-order valence-corrected chi connectivity index (χ3v) is 2.92. The Bertz CT molecular complexity index is 323. The van der Waals surface area contributed by atoms with Gasteiger partial charge in [0.25, 0.3) is 0 Å². The second kappa shape index (κ2) is 5.85. The number of halogens is 1. The molecule has 1 aromatic carbocycles. The predicted molar refractivity (Wildman–Crippen MR) is 62.2 cm³/mol. The molecule has 1 N–H and O–H groups in total. The Morgan fingerprint density at radius 2 is 2.38 bits per heavy atom. The molecule has 3 heteroatoms. The molecule has 2 nitrogen and oxygen atoms in total. The van der Waals surface area contributed by atoms with Gasteiger partial charge in [-0.3, -0.25) is 0 Å². The molecule has 1 aromatic rings. The number of hydrogen-bond donors (Lipinski definition) is 1.